The van der Waals surface area contributed by atoms with Crippen molar-refractivity contribution in [2.24, 2.45) is 16.3 Å². The first kappa shape index (κ1) is 17.8. The Hall–Kier alpha value is -1.55. The minimum absolute atomic E-state index is 0.605. The van der Waals surface area contributed by atoms with Crippen LogP contribution in [0.4, 0.5) is 0 Å². The number of likely N-dealkylation sites (tertiary alicyclic amines) is 1. The fraction of sp³-hybridized carbons (Fsp3) is 0.682. The molecule has 1 aliphatic heterocycles. The summed E-state index contributed by atoms with van der Waals surface area (Å²) in [6.07, 6.45) is 9.81. The fourth-order valence-electron chi connectivity index (χ4n) is 4.39. The predicted molar refractivity (Wildman–Crippen MR) is 108 cm³/mol. The molecule has 26 heavy (non-hydrogen) atoms. The van der Waals surface area contributed by atoms with Crippen LogP contribution in [0.3, 0.4) is 0 Å². The summed E-state index contributed by atoms with van der Waals surface area (Å²) in [5.74, 6) is 1.93. The third-order valence-corrected chi connectivity index (χ3v) is 6.50. The molecule has 0 unspecified atom stereocenters. The molecule has 142 valence electrons. The molecule has 0 spiro atoms. The molecule has 0 bridgehead atoms. The molecule has 2 aliphatic carbocycles. The third kappa shape index (κ3) is 4.59. The Balaban J connectivity index is 1.21. The summed E-state index contributed by atoms with van der Waals surface area (Å²) in [6.45, 7) is 5.54. The standard InChI is InChI=1S/C22H34N4/c1-23-21(25-17-22(11-12-22)20-9-10-20)24-15-18-5-7-19(8-6-18)16-26-13-3-2-4-14-26/h5-8,20H,2-4,9-17H2,1H3,(H2,23,24,25). The van der Waals surface area contributed by atoms with Gasteiger partial charge in [0.05, 0.1) is 0 Å². The van der Waals surface area contributed by atoms with E-state index in [-0.39, 0.29) is 0 Å². The lowest BCUT2D eigenvalue weighted by atomic mass is 10.0. The van der Waals surface area contributed by atoms with Crippen molar-refractivity contribution in [1.82, 2.24) is 15.5 Å². The van der Waals surface area contributed by atoms with Crippen LogP contribution in [0.15, 0.2) is 29.3 Å². The van der Waals surface area contributed by atoms with E-state index in [1.807, 2.05) is 7.05 Å². The quantitative estimate of drug-likeness (QED) is 0.581. The zero-order valence-corrected chi connectivity index (χ0v) is 16.3. The second-order valence-corrected chi connectivity index (χ2v) is 8.57. The van der Waals surface area contributed by atoms with E-state index in [1.54, 1.807) is 0 Å². The van der Waals surface area contributed by atoms with Gasteiger partial charge in [0.25, 0.3) is 0 Å². The van der Waals surface area contributed by atoms with E-state index in [1.165, 1.54) is 69.2 Å². The van der Waals surface area contributed by atoms with Crippen molar-refractivity contribution in [2.75, 3.05) is 26.7 Å². The van der Waals surface area contributed by atoms with Crippen molar-refractivity contribution in [3.8, 4) is 0 Å². The first-order chi connectivity index (χ1) is 12.8. The van der Waals surface area contributed by atoms with Crippen LogP contribution in [-0.2, 0) is 13.1 Å². The highest BCUT2D eigenvalue weighted by Gasteiger charge is 2.53. The van der Waals surface area contributed by atoms with E-state index in [0.29, 0.717) is 5.41 Å². The van der Waals surface area contributed by atoms with Crippen LogP contribution in [0.2, 0.25) is 0 Å². The second kappa shape index (κ2) is 7.99. The van der Waals surface area contributed by atoms with E-state index in [0.717, 1.165) is 31.5 Å². The number of nitrogens with zero attached hydrogens (tertiary/aromatic N) is 2. The van der Waals surface area contributed by atoms with E-state index in [2.05, 4.69) is 44.8 Å². The molecule has 1 saturated heterocycles. The first-order valence-corrected chi connectivity index (χ1v) is 10.5. The smallest absolute Gasteiger partial charge is 0.191 e. The molecule has 1 heterocycles. The van der Waals surface area contributed by atoms with Gasteiger partial charge in [-0.1, -0.05) is 30.7 Å². The van der Waals surface area contributed by atoms with E-state index < -0.39 is 0 Å². The highest BCUT2D eigenvalue weighted by Crippen LogP contribution is 2.60. The number of nitrogens with one attached hydrogen (secondary N) is 2. The Morgan fingerprint density at radius 2 is 1.73 bits per heavy atom. The summed E-state index contributed by atoms with van der Waals surface area (Å²) in [5, 5.41) is 7.04. The molecular weight excluding hydrogens is 320 g/mol. The SMILES string of the molecule is CN=C(NCc1ccc(CN2CCCCC2)cc1)NCC1(C2CC2)CC1. The summed E-state index contributed by atoms with van der Waals surface area (Å²) >= 11 is 0. The van der Waals surface area contributed by atoms with Crippen LogP contribution in [0.1, 0.15) is 56.1 Å². The summed E-state index contributed by atoms with van der Waals surface area (Å²) in [5.41, 5.74) is 3.35. The van der Waals surface area contributed by atoms with Gasteiger partial charge >= 0.3 is 0 Å². The molecule has 0 atom stereocenters. The molecule has 3 aliphatic rings. The number of benzene rings is 1. The van der Waals surface area contributed by atoms with Crippen molar-refractivity contribution in [1.29, 1.82) is 0 Å². The molecule has 3 fully saturated rings. The van der Waals surface area contributed by atoms with Gasteiger partial charge in [-0.25, -0.2) is 0 Å². The Morgan fingerprint density at radius 1 is 1.04 bits per heavy atom. The number of rotatable bonds is 7. The number of piperidine rings is 1. The highest BCUT2D eigenvalue weighted by atomic mass is 15.2. The largest absolute Gasteiger partial charge is 0.356 e. The normalized spacial score (nSPS) is 22.9. The molecule has 1 aromatic carbocycles. The Bertz CT molecular complexity index is 608. The first-order valence-electron chi connectivity index (χ1n) is 10.5. The van der Waals surface area contributed by atoms with Gasteiger partial charge in [0, 0.05) is 26.7 Å². The zero-order valence-electron chi connectivity index (χ0n) is 16.3. The van der Waals surface area contributed by atoms with E-state index in [9.17, 15) is 0 Å². The van der Waals surface area contributed by atoms with Crippen LogP contribution < -0.4 is 10.6 Å². The van der Waals surface area contributed by atoms with Gasteiger partial charge < -0.3 is 10.6 Å². The van der Waals surface area contributed by atoms with Crippen LogP contribution in [0, 0.1) is 11.3 Å². The molecule has 4 heteroatoms. The summed E-state index contributed by atoms with van der Waals surface area (Å²) in [7, 11) is 1.87. The van der Waals surface area contributed by atoms with Crippen molar-refractivity contribution < 1.29 is 0 Å². The van der Waals surface area contributed by atoms with Crippen molar-refractivity contribution >= 4 is 5.96 Å². The third-order valence-electron chi connectivity index (χ3n) is 6.50. The maximum atomic E-state index is 4.40. The van der Waals surface area contributed by atoms with Gasteiger partial charge in [-0.3, -0.25) is 9.89 Å². The molecule has 1 aromatic rings. The summed E-state index contributed by atoms with van der Waals surface area (Å²) in [4.78, 5) is 6.98. The lowest BCUT2D eigenvalue weighted by molar-refractivity contribution is 0.221. The van der Waals surface area contributed by atoms with Crippen molar-refractivity contribution in [2.45, 2.75) is 58.0 Å². The Morgan fingerprint density at radius 3 is 2.35 bits per heavy atom. The van der Waals surface area contributed by atoms with E-state index in [4.69, 9.17) is 0 Å². The Labute approximate surface area is 158 Å². The van der Waals surface area contributed by atoms with Crippen LogP contribution in [0.5, 0.6) is 0 Å². The van der Waals surface area contributed by atoms with Crippen LogP contribution in [0.25, 0.3) is 0 Å². The number of hydrogen-bond acceptors (Lipinski definition) is 2. The van der Waals surface area contributed by atoms with Crippen LogP contribution >= 0.6 is 0 Å². The van der Waals surface area contributed by atoms with Gasteiger partial charge in [-0.15, -0.1) is 0 Å². The van der Waals surface area contributed by atoms with Gasteiger partial charge in [-0.2, -0.15) is 0 Å². The molecular formula is C22H34N4. The van der Waals surface area contributed by atoms with Crippen molar-refractivity contribution in [3.05, 3.63) is 35.4 Å². The van der Waals surface area contributed by atoms with Gasteiger partial charge in [-0.05, 0) is 74.1 Å². The van der Waals surface area contributed by atoms with E-state index >= 15 is 0 Å². The molecule has 4 nitrogen and oxygen atoms in total. The molecule has 0 amide bonds. The topological polar surface area (TPSA) is 39.7 Å². The zero-order chi connectivity index (χ0) is 17.8. The minimum Gasteiger partial charge on any atom is -0.356 e. The van der Waals surface area contributed by atoms with Crippen molar-refractivity contribution in [3.63, 3.8) is 0 Å². The average Bonchev–Trinajstić information content (AvgIpc) is 3.57. The van der Waals surface area contributed by atoms with Crippen LogP contribution in [-0.4, -0.2) is 37.5 Å². The molecule has 2 N–H and O–H groups in total. The lowest BCUT2D eigenvalue weighted by Crippen LogP contribution is -2.40. The number of aliphatic imine (C=N–C) groups is 1. The molecule has 0 radical (unpaired) electrons. The minimum atomic E-state index is 0.605. The number of hydrogen-bond donors (Lipinski definition) is 2. The molecule has 0 aromatic heterocycles. The maximum absolute atomic E-state index is 4.40. The fourth-order valence-corrected chi connectivity index (χ4v) is 4.39. The monoisotopic (exact) mass is 354 g/mol. The molecule has 4 rings (SSSR count). The summed E-state index contributed by atoms with van der Waals surface area (Å²) in [6, 6.07) is 9.08. The number of guanidine groups is 1. The second-order valence-electron chi connectivity index (χ2n) is 8.57. The lowest BCUT2D eigenvalue weighted by Gasteiger charge is -2.26. The maximum Gasteiger partial charge on any atom is 0.191 e. The van der Waals surface area contributed by atoms with Gasteiger partial charge in [0.1, 0.15) is 0 Å². The van der Waals surface area contributed by atoms with Gasteiger partial charge in [0.15, 0.2) is 5.96 Å². The molecule has 2 saturated carbocycles. The Kier molecular flexibility index (Phi) is 5.49. The summed E-state index contributed by atoms with van der Waals surface area (Å²) < 4.78 is 0. The van der Waals surface area contributed by atoms with Gasteiger partial charge in [0.2, 0.25) is 0 Å². The highest BCUT2D eigenvalue weighted by molar-refractivity contribution is 5.79. The average molecular weight is 355 g/mol. The predicted octanol–water partition coefficient (Wildman–Crippen LogP) is 3.53.